The zero-order valence-corrected chi connectivity index (χ0v) is 11.4. The van der Waals surface area contributed by atoms with Gasteiger partial charge in [-0.1, -0.05) is 5.16 Å². The van der Waals surface area contributed by atoms with Crippen molar-refractivity contribution in [2.24, 2.45) is 0 Å². The second-order valence-corrected chi connectivity index (χ2v) is 4.91. The van der Waals surface area contributed by atoms with Gasteiger partial charge < -0.3 is 9.84 Å². The Labute approximate surface area is 108 Å². The average molecular weight is 328 g/mol. The Morgan fingerprint density at radius 3 is 2.50 bits per heavy atom. The van der Waals surface area contributed by atoms with Crippen LogP contribution in [0.4, 0.5) is 5.69 Å². The van der Waals surface area contributed by atoms with Crippen LogP contribution in [0.15, 0.2) is 28.8 Å². The molecule has 2 aromatic rings. The van der Waals surface area contributed by atoms with E-state index in [1.54, 1.807) is 0 Å². The van der Waals surface area contributed by atoms with Crippen molar-refractivity contribution in [3.63, 3.8) is 0 Å². The molecule has 0 saturated carbocycles. The summed E-state index contributed by atoms with van der Waals surface area (Å²) in [6.45, 7) is 4.65. The van der Waals surface area contributed by atoms with Gasteiger partial charge in [-0.15, -0.1) is 0 Å². The molecule has 1 aromatic heterocycles. The van der Waals surface area contributed by atoms with Crippen molar-refractivity contribution in [3.8, 4) is 0 Å². The van der Waals surface area contributed by atoms with Gasteiger partial charge >= 0.3 is 0 Å². The maximum atomic E-state index is 5.11. The van der Waals surface area contributed by atoms with Gasteiger partial charge in [0.15, 0.2) is 0 Å². The molecule has 1 aromatic carbocycles. The van der Waals surface area contributed by atoms with Crippen LogP contribution < -0.4 is 5.32 Å². The first-order chi connectivity index (χ1) is 7.66. The van der Waals surface area contributed by atoms with Gasteiger partial charge in [-0.25, -0.2) is 0 Å². The largest absolute Gasteiger partial charge is 0.381 e. The number of nitrogens with one attached hydrogen (secondary N) is 1. The van der Waals surface area contributed by atoms with Crippen LogP contribution in [-0.2, 0) is 6.54 Å². The topological polar surface area (TPSA) is 38.1 Å². The molecule has 0 atom stereocenters. The van der Waals surface area contributed by atoms with Gasteiger partial charge in [-0.2, -0.15) is 0 Å². The van der Waals surface area contributed by atoms with E-state index in [0.29, 0.717) is 0 Å². The monoisotopic (exact) mass is 328 g/mol. The summed E-state index contributed by atoms with van der Waals surface area (Å²) in [6, 6.07) is 8.30. The van der Waals surface area contributed by atoms with Crippen molar-refractivity contribution < 1.29 is 4.52 Å². The number of benzene rings is 1. The van der Waals surface area contributed by atoms with Crippen LogP contribution in [0.1, 0.15) is 17.0 Å². The number of aromatic nitrogens is 1. The minimum Gasteiger partial charge on any atom is -0.381 e. The molecule has 0 aliphatic rings. The molecule has 0 bridgehead atoms. The summed E-state index contributed by atoms with van der Waals surface area (Å²) < 4.78 is 6.35. The smallest absolute Gasteiger partial charge is 0.138 e. The summed E-state index contributed by atoms with van der Waals surface area (Å²) in [5.74, 6) is 0.885. The van der Waals surface area contributed by atoms with Gasteiger partial charge in [0.1, 0.15) is 5.76 Å². The number of anilines is 1. The van der Waals surface area contributed by atoms with E-state index in [9.17, 15) is 0 Å². The van der Waals surface area contributed by atoms with Crippen molar-refractivity contribution in [2.45, 2.75) is 20.4 Å². The standard InChI is InChI=1S/C12H13IN2O/c1-8-12(9(2)16-15-8)7-14-11-5-3-10(13)4-6-11/h3-6,14H,7H2,1-2H3. The van der Waals surface area contributed by atoms with Crippen LogP contribution in [0.25, 0.3) is 0 Å². The summed E-state index contributed by atoms with van der Waals surface area (Å²) in [7, 11) is 0. The van der Waals surface area contributed by atoms with E-state index in [1.165, 1.54) is 3.57 Å². The summed E-state index contributed by atoms with van der Waals surface area (Å²) in [5, 5.41) is 7.28. The number of aryl methyl sites for hydroxylation is 2. The van der Waals surface area contributed by atoms with Gasteiger partial charge in [-0.05, 0) is 60.7 Å². The molecule has 0 aliphatic heterocycles. The first-order valence-corrected chi connectivity index (χ1v) is 6.16. The lowest BCUT2D eigenvalue weighted by molar-refractivity contribution is 0.392. The molecule has 0 saturated heterocycles. The van der Waals surface area contributed by atoms with E-state index in [4.69, 9.17) is 4.52 Å². The van der Waals surface area contributed by atoms with Crippen molar-refractivity contribution in [1.29, 1.82) is 0 Å². The minimum atomic E-state index is 0.752. The molecule has 0 spiro atoms. The number of halogens is 1. The normalized spacial score (nSPS) is 10.4. The molecule has 0 fully saturated rings. The van der Waals surface area contributed by atoms with Crippen molar-refractivity contribution in [2.75, 3.05) is 5.32 Å². The van der Waals surface area contributed by atoms with Crippen LogP contribution in [0, 0.1) is 17.4 Å². The molecule has 1 N–H and O–H groups in total. The van der Waals surface area contributed by atoms with Gasteiger partial charge in [0.25, 0.3) is 0 Å². The molecule has 84 valence electrons. The third-order valence-corrected chi connectivity index (χ3v) is 3.21. The van der Waals surface area contributed by atoms with Gasteiger partial charge in [-0.3, -0.25) is 0 Å². The number of nitrogens with zero attached hydrogens (tertiary/aromatic N) is 1. The summed E-state index contributed by atoms with van der Waals surface area (Å²) in [4.78, 5) is 0. The van der Waals surface area contributed by atoms with Crippen molar-refractivity contribution in [3.05, 3.63) is 44.9 Å². The third kappa shape index (κ3) is 2.55. The van der Waals surface area contributed by atoms with E-state index in [0.717, 1.165) is 29.2 Å². The van der Waals surface area contributed by atoms with Crippen LogP contribution >= 0.6 is 22.6 Å². The molecule has 0 radical (unpaired) electrons. The van der Waals surface area contributed by atoms with Gasteiger partial charge in [0.2, 0.25) is 0 Å². The quantitative estimate of drug-likeness (QED) is 0.877. The Morgan fingerprint density at radius 2 is 1.94 bits per heavy atom. The Kier molecular flexibility index (Phi) is 3.48. The lowest BCUT2D eigenvalue weighted by Crippen LogP contribution is -2.01. The van der Waals surface area contributed by atoms with Crippen LogP contribution in [0.2, 0.25) is 0 Å². The zero-order chi connectivity index (χ0) is 11.5. The van der Waals surface area contributed by atoms with E-state index in [2.05, 4.69) is 57.3 Å². The fourth-order valence-electron chi connectivity index (χ4n) is 1.51. The molecule has 3 nitrogen and oxygen atoms in total. The first-order valence-electron chi connectivity index (χ1n) is 5.08. The second kappa shape index (κ2) is 4.86. The molecule has 16 heavy (non-hydrogen) atoms. The Bertz CT molecular complexity index is 457. The second-order valence-electron chi connectivity index (χ2n) is 3.66. The molecule has 0 unspecified atom stereocenters. The fourth-order valence-corrected chi connectivity index (χ4v) is 1.87. The zero-order valence-electron chi connectivity index (χ0n) is 9.25. The van der Waals surface area contributed by atoms with E-state index >= 15 is 0 Å². The summed E-state index contributed by atoms with van der Waals surface area (Å²) in [5.41, 5.74) is 3.20. The number of hydrogen-bond donors (Lipinski definition) is 1. The number of rotatable bonds is 3. The third-order valence-electron chi connectivity index (χ3n) is 2.49. The highest BCUT2D eigenvalue weighted by Gasteiger charge is 2.07. The lowest BCUT2D eigenvalue weighted by Gasteiger charge is -2.05. The predicted molar refractivity (Wildman–Crippen MR) is 72.5 cm³/mol. The van der Waals surface area contributed by atoms with Crippen LogP contribution in [0.3, 0.4) is 0 Å². The van der Waals surface area contributed by atoms with Crippen molar-refractivity contribution >= 4 is 28.3 Å². The molecule has 2 rings (SSSR count). The van der Waals surface area contributed by atoms with Crippen LogP contribution in [0.5, 0.6) is 0 Å². The SMILES string of the molecule is Cc1noc(C)c1CNc1ccc(I)cc1. The first kappa shape index (κ1) is 11.4. The Hall–Kier alpha value is -1.04. The molecular weight excluding hydrogens is 315 g/mol. The Morgan fingerprint density at radius 1 is 1.25 bits per heavy atom. The molecule has 0 aliphatic carbocycles. The maximum Gasteiger partial charge on any atom is 0.138 e. The van der Waals surface area contributed by atoms with Crippen molar-refractivity contribution in [1.82, 2.24) is 5.16 Å². The summed E-state index contributed by atoms with van der Waals surface area (Å²) in [6.07, 6.45) is 0. The highest BCUT2D eigenvalue weighted by molar-refractivity contribution is 14.1. The van der Waals surface area contributed by atoms with E-state index in [1.807, 2.05) is 13.8 Å². The Balaban J connectivity index is 2.05. The highest BCUT2D eigenvalue weighted by Crippen LogP contribution is 2.16. The van der Waals surface area contributed by atoms with E-state index < -0.39 is 0 Å². The highest BCUT2D eigenvalue weighted by atomic mass is 127. The minimum absolute atomic E-state index is 0.752. The number of hydrogen-bond acceptors (Lipinski definition) is 3. The molecule has 1 heterocycles. The fraction of sp³-hybridized carbons (Fsp3) is 0.250. The van der Waals surface area contributed by atoms with Crippen LogP contribution in [-0.4, -0.2) is 5.16 Å². The van der Waals surface area contributed by atoms with Gasteiger partial charge in [0.05, 0.1) is 5.69 Å². The average Bonchev–Trinajstić information content (AvgIpc) is 2.59. The molecule has 0 amide bonds. The van der Waals surface area contributed by atoms with Gasteiger partial charge in [0, 0.05) is 21.4 Å². The summed E-state index contributed by atoms with van der Waals surface area (Å²) >= 11 is 2.29. The van der Waals surface area contributed by atoms with E-state index in [-0.39, 0.29) is 0 Å². The lowest BCUT2D eigenvalue weighted by atomic mass is 10.2. The molecular formula is C12H13IN2O. The maximum absolute atomic E-state index is 5.11. The molecule has 4 heteroatoms. The predicted octanol–water partition coefficient (Wildman–Crippen LogP) is 3.51.